The molecule has 0 atom stereocenters. The Morgan fingerprint density at radius 2 is 0.753 bits per heavy atom. The van der Waals surface area contributed by atoms with Gasteiger partial charge in [0.05, 0.1) is 16.8 Å². The van der Waals surface area contributed by atoms with Crippen LogP contribution in [0, 0.1) is 0 Å². The van der Waals surface area contributed by atoms with Crippen LogP contribution in [0.25, 0.3) is 87.3 Å². The average Bonchev–Trinajstić information content (AvgIpc) is 1.54. The minimum atomic E-state index is -0.717. The number of nitrogens with zero attached hydrogens (tertiary/aromatic N) is 2. The molecule has 0 radical (unpaired) electrons. The molecule has 0 amide bonds. The van der Waals surface area contributed by atoms with E-state index in [1.54, 1.807) is 0 Å². The third-order valence-corrected chi connectivity index (χ3v) is 20.6. The number of fused-ring (bicyclic) bond motifs is 15. The summed E-state index contributed by atoms with van der Waals surface area (Å²) in [6, 6.07) is 99.9. The van der Waals surface area contributed by atoms with E-state index < -0.39 is 5.41 Å². The molecule has 428 valence electrons. The van der Waals surface area contributed by atoms with Crippen molar-refractivity contribution >= 4 is 110 Å². The molecule has 2 heterocycles. The zero-order valence-corrected chi connectivity index (χ0v) is 49.8. The lowest BCUT2D eigenvalue weighted by Crippen LogP contribution is -2.29. The summed E-state index contributed by atoms with van der Waals surface area (Å²) in [5.74, 6) is 1.03. The monoisotopic (exact) mass is 1150 g/mol. The van der Waals surface area contributed by atoms with E-state index in [9.17, 15) is 0 Å². The first-order valence-electron chi connectivity index (χ1n) is 32.4. The summed E-state index contributed by atoms with van der Waals surface area (Å²) < 4.78 is 14.5. The molecule has 0 bridgehead atoms. The van der Waals surface area contributed by atoms with Crippen molar-refractivity contribution in [3.63, 3.8) is 0 Å². The number of anilines is 6. The summed E-state index contributed by atoms with van der Waals surface area (Å²) in [5.41, 5.74) is 19.8. The Morgan fingerprint density at radius 1 is 0.303 bits per heavy atom. The lowest BCUT2D eigenvalue weighted by Gasteiger charge is -2.35. The van der Waals surface area contributed by atoms with Gasteiger partial charge in [-0.1, -0.05) is 233 Å². The first-order chi connectivity index (χ1) is 44.2. The molecular formula is C85H66N2O2. The largest absolute Gasteiger partial charge is 0.454 e. The predicted octanol–water partition coefficient (Wildman–Crippen LogP) is 24.3. The normalized spacial score (nSPS) is 15.2. The Labute approximate surface area is 518 Å². The number of hydrogen-bond donors (Lipinski definition) is 0. The van der Waals surface area contributed by atoms with Crippen molar-refractivity contribution in [2.45, 2.75) is 81.5 Å². The van der Waals surface area contributed by atoms with Crippen molar-refractivity contribution in [3.05, 3.63) is 300 Å². The van der Waals surface area contributed by atoms with Crippen molar-refractivity contribution in [1.82, 2.24) is 0 Å². The van der Waals surface area contributed by atoms with Gasteiger partial charge < -0.3 is 18.6 Å². The highest BCUT2D eigenvalue weighted by Gasteiger charge is 2.48. The Bertz CT molecular complexity index is 5190. The molecule has 13 aromatic carbocycles. The molecule has 2 saturated carbocycles. The van der Waals surface area contributed by atoms with Crippen molar-refractivity contribution in [3.8, 4) is 11.1 Å². The summed E-state index contributed by atoms with van der Waals surface area (Å²) in [6.45, 7) is 0. The molecular weight excluding hydrogens is 1080 g/mol. The van der Waals surface area contributed by atoms with Crippen LogP contribution in [0.5, 0.6) is 0 Å². The van der Waals surface area contributed by atoms with Gasteiger partial charge in [0.25, 0.3) is 0 Å². The lowest BCUT2D eigenvalue weighted by atomic mass is 9.66. The Balaban J connectivity index is 0.860. The van der Waals surface area contributed by atoms with E-state index in [1.165, 1.54) is 152 Å². The van der Waals surface area contributed by atoms with Crippen LogP contribution in [0.15, 0.2) is 276 Å². The summed E-state index contributed by atoms with van der Waals surface area (Å²) >= 11 is 0. The maximum atomic E-state index is 7.27. The van der Waals surface area contributed by atoms with Crippen LogP contribution in [-0.2, 0) is 5.41 Å². The molecule has 2 aromatic heterocycles. The van der Waals surface area contributed by atoms with Crippen LogP contribution in [-0.4, -0.2) is 0 Å². The van der Waals surface area contributed by atoms with Gasteiger partial charge in [-0.25, -0.2) is 0 Å². The second kappa shape index (κ2) is 21.0. The molecule has 2 fully saturated rings. The Kier molecular flexibility index (Phi) is 12.3. The summed E-state index contributed by atoms with van der Waals surface area (Å²) in [5, 5.41) is 11.9. The van der Waals surface area contributed by atoms with Gasteiger partial charge >= 0.3 is 0 Å². The van der Waals surface area contributed by atoms with E-state index in [1.807, 2.05) is 0 Å². The van der Waals surface area contributed by atoms with Gasteiger partial charge in [0.1, 0.15) is 11.2 Å². The second-order valence-electron chi connectivity index (χ2n) is 25.4. The van der Waals surface area contributed by atoms with Gasteiger partial charge in [0, 0.05) is 44.3 Å². The lowest BCUT2D eigenvalue weighted by molar-refractivity contribution is 0.442. The van der Waals surface area contributed by atoms with Crippen LogP contribution in [0.4, 0.5) is 34.1 Å². The SMILES string of the molecule is c1ccc(N(c2ccc3cc4c(cc3c2)C(c2ccccc2)(c2ccccc2)c2c-4c3ccccc3c3cc(N(c4ccccc4)c4cccc5c4oc4c(C6CCCCC6)cccc45)ccc23)c2cccc3c2oc2c(C4CCCCC4)cccc23)cc1. The highest BCUT2D eigenvalue weighted by molar-refractivity contribution is 6.21. The fourth-order valence-electron chi connectivity index (χ4n) is 16.7. The van der Waals surface area contributed by atoms with Crippen LogP contribution in [0.1, 0.15) is 109 Å². The van der Waals surface area contributed by atoms with Crippen molar-refractivity contribution in [1.29, 1.82) is 0 Å². The van der Waals surface area contributed by atoms with Crippen molar-refractivity contribution in [2.24, 2.45) is 0 Å². The van der Waals surface area contributed by atoms with Crippen molar-refractivity contribution < 1.29 is 8.83 Å². The number of benzene rings is 13. The molecule has 18 rings (SSSR count). The molecule has 0 spiro atoms. The molecule has 0 saturated heterocycles. The number of rotatable bonds is 10. The predicted molar refractivity (Wildman–Crippen MR) is 372 cm³/mol. The molecule has 3 aliphatic carbocycles. The number of para-hydroxylation sites is 6. The summed E-state index contributed by atoms with van der Waals surface area (Å²) in [6.07, 6.45) is 12.6. The molecule has 15 aromatic rings. The third-order valence-electron chi connectivity index (χ3n) is 20.6. The third kappa shape index (κ3) is 8.12. The van der Waals surface area contributed by atoms with Gasteiger partial charge in [-0.3, -0.25) is 0 Å². The van der Waals surface area contributed by atoms with Gasteiger partial charge in [0.15, 0.2) is 11.2 Å². The molecule has 0 unspecified atom stereocenters. The van der Waals surface area contributed by atoms with Crippen LogP contribution in [0.3, 0.4) is 0 Å². The van der Waals surface area contributed by atoms with E-state index in [0.717, 1.165) is 67.2 Å². The maximum Gasteiger partial charge on any atom is 0.159 e. The molecule has 4 heteroatoms. The zero-order valence-electron chi connectivity index (χ0n) is 49.8. The first-order valence-corrected chi connectivity index (χ1v) is 32.4. The highest BCUT2D eigenvalue weighted by Crippen LogP contribution is 2.62. The van der Waals surface area contributed by atoms with E-state index in [2.05, 4.69) is 277 Å². The summed E-state index contributed by atoms with van der Waals surface area (Å²) in [7, 11) is 0. The summed E-state index contributed by atoms with van der Waals surface area (Å²) in [4.78, 5) is 4.84. The first kappa shape index (κ1) is 52.0. The van der Waals surface area contributed by atoms with Crippen LogP contribution < -0.4 is 9.80 Å². The topological polar surface area (TPSA) is 32.8 Å². The average molecular weight is 1150 g/mol. The maximum absolute atomic E-state index is 7.27. The Hall–Kier alpha value is -10.2. The quantitative estimate of drug-likeness (QED) is 0.128. The highest BCUT2D eigenvalue weighted by atomic mass is 16.3. The van der Waals surface area contributed by atoms with Crippen LogP contribution in [0.2, 0.25) is 0 Å². The van der Waals surface area contributed by atoms with Gasteiger partial charge in [0.2, 0.25) is 0 Å². The van der Waals surface area contributed by atoms with Gasteiger partial charge in [-0.2, -0.15) is 0 Å². The number of hydrogen-bond acceptors (Lipinski definition) is 4. The number of furan rings is 2. The van der Waals surface area contributed by atoms with E-state index in [-0.39, 0.29) is 0 Å². The van der Waals surface area contributed by atoms with E-state index >= 15 is 0 Å². The zero-order chi connectivity index (χ0) is 58.6. The van der Waals surface area contributed by atoms with E-state index in [0.29, 0.717) is 11.8 Å². The minimum absolute atomic E-state index is 0.512. The van der Waals surface area contributed by atoms with Gasteiger partial charge in [-0.15, -0.1) is 0 Å². The molecule has 89 heavy (non-hydrogen) atoms. The molecule has 4 nitrogen and oxygen atoms in total. The fourth-order valence-corrected chi connectivity index (χ4v) is 16.7. The van der Waals surface area contributed by atoms with Gasteiger partial charge in [-0.05, 0) is 187 Å². The molecule has 0 aliphatic heterocycles. The van der Waals surface area contributed by atoms with Crippen LogP contribution >= 0.6 is 0 Å². The smallest absolute Gasteiger partial charge is 0.159 e. The standard InChI is InChI=1S/C85H66N2O2/c1-7-25-55(26-8-1)65-39-21-41-70-72-43-23-45-77(83(72)88-81(65)70)86(61-33-15-5-16-34-61)63-48-47-57-52-75-76(53-58(57)51-63)85(59-29-11-3-12-30-59,60-31-13-4-14-32-60)80-69-50-49-64(54-74(69)67-37-19-20-38-68(67)79(75)80)87(62-35-17-6-18-36-62)78-46-24-44-73-71-42-22-40-66(82(71)89-84(73)78)56-27-9-2-10-28-56/h3-6,11-24,29-56H,1-2,7-10,25-28H2. The minimum Gasteiger partial charge on any atom is -0.454 e. The molecule has 0 N–H and O–H groups in total. The van der Waals surface area contributed by atoms with E-state index in [4.69, 9.17) is 8.83 Å². The molecule has 3 aliphatic rings. The Morgan fingerprint density at radius 3 is 1.29 bits per heavy atom. The van der Waals surface area contributed by atoms with Crippen molar-refractivity contribution in [2.75, 3.05) is 9.80 Å². The second-order valence-corrected chi connectivity index (χ2v) is 25.4. The fraction of sp³-hybridized carbons (Fsp3) is 0.153.